The van der Waals surface area contributed by atoms with Crippen molar-refractivity contribution in [2.24, 2.45) is 5.73 Å². The highest BCUT2D eigenvalue weighted by Gasteiger charge is 2.44. The van der Waals surface area contributed by atoms with E-state index >= 15 is 0 Å². The van der Waals surface area contributed by atoms with E-state index in [1.54, 1.807) is 7.11 Å². The zero-order valence-electron chi connectivity index (χ0n) is 18.6. The van der Waals surface area contributed by atoms with Crippen LogP contribution in [0.15, 0.2) is 54.7 Å². The molecular formula is C26H29N3O3. The largest absolute Gasteiger partial charge is 0.496 e. The lowest BCUT2D eigenvalue weighted by Crippen LogP contribution is -2.50. The van der Waals surface area contributed by atoms with Crippen LogP contribution in [0.1, 0.15) is 46.9 Å². The molecule has 1 spiro atoms. The molecule has 5 rings (SSSR count). The first-order valence-corrected chi connectivity index (χ1v) is 11.2. The molecule has 3 heterocycles. The van der Waals surface area contributed by atoms with Crippen LogP contribution >= 0.6 is 0 Å². The van der Waals surface area contributed by atoms with Crippen molar-refractivity contribution in [1.82, 2.24) is 9.47 Å². The first kappa shape index (κ1) is 20.6. The lowest BCUT2D eigenvalue weighted by atomic mass is 9.86. The van der Waals surface area contributed by atoms with Gasteiger partial charge in [-0.1, -0.05) is 19.1 Å². The fourth-order valence-corrected chi connectivity index (χ4v) is 4.97. The Morgan fingerprint density at radius 3 is 2.69 bits per heavy atom. The third kappa shape index (κ3) is 3.26. The zero-order valence-corrected chi connectivity index (χ0v) is 18.6. The molecule has 0 radical (unpaired) electrons. The second kappa shape index (κ2) is 8.02. The van der Waals surface area contributed by atoms with Crippen LogP contribution in [-0.4, -0.2) is 35.6 Å². The minimum absolute atomic E-state index is 0.0396. The molecule has 0 bridgehead atoms. The third-order valence-corrected chi connectivity index (χ3v) is 6.81. The number of carbonyl (C=O) groups excluding carboxylic acids is 1. The summed E-state index contributed by atoms with van der Waals surface area (Å²) in [7, 11) is 1.65. The number of ether oxygens (including phenoxy) is 2. The smallest absolute Gasteiger partial charge is 0.253 e. The summed E-state index contributed by atoms with van der Waals surface area (Å²) in [6.45, 7) is 3.82. The van der Waals surface area contributed by atoms with E-state index in [4.69, 9.17) is 15.2 Å². The molecule has 0 saturated carbocycles. The van der Waals surface area contributed by atoms with Crippen molar-refractivity contribution in [2.45, 2.75) is 38.3 Å². The van der Waals surface area contributed by atoms with Gasteiger partial charge < -0.3 is 24.7 Å². The van der Waals surface area contributed by atoms with Crippen LogP contribution < -0.4 is 15.2 Å². The van der Waals surface area contributed by atoms with Gasteiger partial charge in [0.2, 0.25) is 0 Å². The molecule has 0 atom stereocenters. The lowest BCUT2D eigenvalue weighted by Gasteiger charge is -2.45. The summed E-state index contributed by atoms with van der Waals surface area (Å²) in [5, 5.41) is 0. The fraction of sp³-hybridized carbons (Fsp3) is 0.346. The van der Waals surface area contributed by atoms with E-state index < -0.39 is 5.60 Å². The number of rotatable bonds is 4. The second-order valence-corrected chi connectivity index (χ2v) is 8.54. The minimum Gasteiger partial charge on any atom is -0.496 e. The number of methoxy groups -OCH3 is 1. The number of amides is 1. The van der Waals surface area contributed by atoms with Crippen LogP contribution in [0, 0.1) is 0 Å². The molecule has 2 N–H and O–H groups in total. The molecule has 2 aliphatic heterocycles. The Morgan fingerprint density at radius 1 is 1.16 bits per heavy atom. The summed E-state index contributed by atoms with van der Waals surface area (Å²) in [5.41, 5.74) is 10.4. The summed E-state index contributed by atoms with van der Waals surface area (Å²) in [4.78, 5) is 15.2. The summed E-state index contributed by atoms with van der Waals surface area (Å²) in [6.07, 6.45) is 4.42. The number of nitrogens with two attached hydrogens (primary N) is 1. The number of aromatic nitrogens is 1. The number of piperidine rings is 1. The Hall–Kier alpha value is -3.25. The Morgan fingerprint density at radius 2 is 1.97 bits per heavy atom. The van der Waals surface area contributed by atoms with Gasteiger partial charge in [-0.2, -0.15) is 0 Å². The predicted molar refractivity (Wildman–Crippen MR) is 123 cm³/mol. The second-order valence-electron chi connectivity index (χ2n) is 8.54. The van der Waals surface area contributed by atoms with Crippen molar-refractivity contribution >= 4 is 5.91 Å². The number of hydrogen-bond donors (Lipinski definition) is 1. The molecule has 6 nitrogen and oxygen atoms in total. The Labute approximate surface area is 188 Å². The standard InChI is InChI=1S/C26H29N3O3/c1-3-19-7-8-20(16-22(19)31-2)25(30)28-13-10-26(11-14-28)24-5-4-12-29(24)21-9-6-18(17-27)15-23(21)32-26/h4-9,12,15-16H,3,10-11,13-14,17,27H2,1-2H3. The number of nitrogens with zero attached hydrogens (tertiary/aromatic N) is 2. The van der Waals surface area contributed by atoms with Gasteiger partial charge >= 0.3 is 0 Å². The highest BCUT2D eigenvalue weighted by atomic mass is 16.5. The zero-order chi connectivity index (χ0) is 22.3. The van der Waals surface area contributed by atoms with Gasteiger partial charge in [-0.05, 0) is 53.9 Å². The topological polar surface area (TPSA) is 69.7 Å². The van der Waals surface area contributed by atoms with Crippen molar-refractivity contribution in [1.29, 1.82) is 0 Å². The van der Waals surface area contributed by atoms with Gasteiger partial charge in [0.05, 0.1) is 18.5 Å². The van der Waals surface area contributed by atoms with E-state index in [2.05, 4.69) is 35.9 Å². The number of aryl methyl sites for hydroxylation is 1. The lowest BCUT2D eigenvalue weighted by molar-refractivity contribution is -0.00936. The molecule has 3 aromatic rings. The highest BCUT2D eigenvalue weighted by molar-refractivity contribution is 5.94. The molecule has 2 aliphatic rings. The van der Waals surface area contributed by atoms with E-state index in [0.717, 1.165) is 53.3 Å². The van der Waals surface area contributed by atoms with Crippen molar-refractivity contribution < 1.29 is 14.3 Å². The highest BCUT2D eigenvalue weighted by Crippen LogP contribution is 2.45. The summed E-state index contributed by atoms with van der Waals surface area (Å²) < 4.78 is 14.4. The monoisotopic (exact) mass is 431 g/mol. The molecule has 1 saturated heterocycles. The van der Waals surface area contributed by atoms with Gasteiger partial charge in [0, 0.05) is 44.2 Å². The number of hydrogen-bond acceptors (Lipinski definition) is 4. The molecule has 32 heavy (non-hydrogen) atoms. The molecule has 166 valence electrons. The summed E-state index contributed by atoms with van der Waals surface area (Å²) in [6, 6.07) is 16.1. The van der Waals surface area contributed by atoms with Crippen molar-refractivity contribution in [2.75, 3.05) is 20.2 Å². The molecule has 0 aliphatic carbocycles. The van der Waals surface area contributed by atoms with Crippen LogP contribution in [0.2, 0.25) is 0 Å². The number of likely N-dealkylation sites (tertiary alicyclic amines) is 1. The molecular weight excluding hydrogens is 402 g/mol. The van der Waals surface area contributed by atoms with E-state index in [1.807, 2.05) is 35.2 Å². The van der Waals surface area contributed by atoms with E-state index in [1.165, 1.54) is 0 Å². The van der Waals surface area contributed by atoms with Crippen molar-refractivity contribution in [3.63, 3.8) is 0 Å². The van der Waals surface area contributed by atoms with Gasteiger partial charge in [-0.3, -0.25) is 4.79 Å². The Bertz CT molecular complexity index is 1160. The van der Waals surface area contributed by atoms with Crippen LogP contribution in [0.4, 0.5) is 0 Å². The fourth-order valence-electron chi connectivity index (χ4n) is 4.97. The molecule has 6 heteroatoms. The van der Waals surface area contributed by atoms with E-state index in [-0.39, 0.29) is 5.91 Å². The average molecular weight is 432 g/mol. The van der Waals surface area contributed by atoms with Gasteiger partial charge in [-0.25, -0.2) is 0 Å². The van der Waals surface area contributed by atoms with Gasteiger partial charge in [0.1, 0.15) is 11.5 Å². The minimum atomic E-state index is -0.440. The summed E-state index contributed by atoms with van der Waals surface area (Å²) >= 11 is 0. The quantitative estimate of drug-likeness (QED) is 0.677. The molecule has 1 aromatic heterocycles. The predicted octanol–water partition coefficient (Wildman–Crippen LogP) is 4.03. The molecule has 1 amide bonds. The van der Waals surface area contributed by atoms with E-state index in [9.17, 15) is 4.79 Å². The third-order valence-electron chi connectivity index (χ3n) is 6.81. The van der Waals surface area contributed by atoms with Crippen molar-refractivity contribution in [3.8, 4) is 17.2 Å². The maximum atomic E-state index is 13.2. The Kier molecular flexibility index (Phi) is 5.18. The van der Waals surface area contributed by atoms with Gasteiger partial charge in [-0.15, -0.1) is 0 Å². The average Bonchev–Trinajstić information content (AvgIpc) is 3.35. The number of benzene rings is 2. The maximum absolute atomic E-state index is 13.2. The summed E-state index contributed by atoms with van der Waals surface area (Å²) in [5.74, 6) is 1.67. The van der Waals surface area contributed by atoms with Crippen LogP contribution in [0.3, 0.4) is 0 Å². The first-order valence-electron chi connectivity index (χ1n) is 11.2. The van der Waals surface area contributed by atoms with E-state index in [0.29, 0.717) is 25.2 Å². The van der Waals surface area contributed by atoms with Gasteiger partial charge in [0.25, 0.3) is 5.91 Å². The SMILES string of the molecule is CCc1ccc(C(=O)N2CCC3(CC2)Oc2cc(CN)ccc2-n2cccc23)cc1OC. The molecule has 1 fully saturated rings. The maximum Gasteiger partial charge on any atom is 0.253 e. The van der Waals surface area contributed by atoms with Crippen molar-refractivity contribution in [3.05, 3.63) is 77.1 Å². The molecule has 2 aromatic carbocycles. The number of fused-ring (bicyclic) bond motifs is 4. The van der Waals surface area contributed by atoms with Crippen LogP contribution in [0.25, 0.3) is 5.69 Å². The molecule has 0 unspecified atom stereocenters. The Balaban J connectivity index is 1.39. The van der Waals surface area contributed by atoms with Crippen LogP contribution in [0.5, 0.6) is 11.5 Å². The first-order chi connectivity index (χ1) is 15.6. The number of carbonyl (C=O) groups is 1. The normalized spacial score (nSPS) is 16.3. The van der Waals surface area contributed by atoms with Gasteiger partial charge in [0.15, 0.2) is 5.60 Å². The van der Waals surface area contributed by atoms with Crippen LogP contribution in [-0.2, 0) is 18.6 Å².